The van der Waals surface area contributed by atoms with E-state index in [2.05, 4.69) is 16.2 Å². The summed E-state index contributed by atoms with van der Waals surface area (Å²) in [5, 5.41) is 12.4. The number of nitrogens with zero attached hydrogens (tertiary/aromatic N) is 2. The molecule has 2 aromatic rings. The van der Waals surface area contributed by atoms with Crippen molar-refractivity contribution < 1.29 is 18.7 Å². The van der Waals surface area contributed by atoms with Gasteiger partial charge in [0.25, 0.3) is 5.91 Å². The number of carbonyl (C=O) groups is 1. The first kappa shape index (κ1) is 20.5. The lowest BCUT2D eigenvalue weighted by Crippen LogP contribution is -2.52. The molecule has 0 aliphatic rings. The molecular formula is C19H18FN3O3S. The molecule has 2 unspecified atom stereocenters. The predicted octanol–water partition coefficient (Wildman–Crippen LogP) is 2.47. The van der Waals surface area contributed by atoms with Crippen molar-refractivity contribution in [2.75, 3.05) is 20.0 Å². The molecule has 0 saturated heterocycles. The highest BCUT2D eigenvalue weighted by Crippen LogP contribution is 2.27. The van der Waals surface area contributed by atoms with Crippen LogP contribution in [0.15, 0.2) is 24.4 Å². The zero-order valence-corrected chi connectivity index (χ0v) is 15.9. The van der Waals surface area contributed by atoms with E-state index in [0.717, 1.165) is 11.8 Å². The molecular weight excluding hydrogens is 369 g/mol. The van der Waals surface area contributed by atoms with E-state index in [1.807, 2.05) is 6.07 Å². The van der Waals surface area contributed by atoms with Gasteiger partial charge in [0.05, 0.1) is 18.2 Å². The summed E-state index contributed by atoms with van der Waals surface area (Å²) in [6.07, 6.45) is 8.47. The van der Waals surface area contributed by atoms with Crippen molar-refractivity contribution >= 4 is 28.6 Å². The van der Waals surface area contributed by atoms with Gasteiger partial charge < -0.3 is 14.8 Å². The molecule has 1 amide bonds. The van der Waals surface area contributed by atoms with Crippen molar-refractivity contribution in [3.05, 3.63) is 35.8 Å². The van der Waals surface area contributed by atoms with Gasteiger partial charge in [-0.3, -0.25) is 9.78 Å². The minimum Gasteiger partial charge on any atom is -0.467 e. The van der Waals surface area contributed by atoms with Crippen molar-refractivity contribution in [2.24, 2.45) is 0 Å². The number of rotatable bonds is 7. The lowest BCUT2D eigenvalue weighted by Gasteiger charge is -2.25. The van der Waals surface area contributed by atoms with Gasteiger partial charge in [-0.15, -0.1) is 18.2 Å². The molecule has 1 N–H and O–H groups in total. The van der Waals surface area contributed by atoms with Crippen LogP contribution in [0, 0.1) is 29.5 Å². The number of hydrogen-bond acceptors (Lipinski definition) is 6. The molecule has 1 heterocycles. The number of fused-ring (bicyclic) bond motifs is 1. The predicted molar refractivity (Wildman–Crippen MR) is 102 cm³/mol. The third-order valence-electron chi connectivity index (χ3n) is 3.64. The van der Waals surface area contributed by atoms with Crippen LogP contribution in [0.25, 0.3) is 10.9 Å². The summed E-state index contributed by atoms with van der Waals surface area (Å²) in [4.78, 5) is 16.6. The van der Waals surface area contributed by atoms with Crippen LogP contribution in [0.5, 0.6) is 5.75 Å². The first-order valence-electron chi connectivity index (χ1n) is 7.83. The van der Waals surface area contributed by atoms with Gasteiger partial charge in [-0.2, -0.15) is 5.26 Å². The molecule has 1 aromatic carbocycles. The maximum Gasteiger partial charge on any atom is 0.273 e. The second-order valence-corrected chi connectivity index (χ2v) is 6.79. The number of amides is 1. The van der Waals surface area contributed by atoms with Crippen molar-refractivity contribution in [1.29, 1.82) is 5.26 Å². The average molecular weight is 387 g/mol. The molecule has 2 rings (SSSR count). The van der Waals surface area contributed by atoms with Crippen LogP contribution in [-0.4, -0.2) is 41.8 Å². The fraction of sp³-hybridized carbons (Fsp3) is 0.316. The molecule has 8 heteroatoms. The quantitative estimate of drug-likeness (QED) is 0.580. The third-order valence-corrected chi connectivity index (χ3v) is 4.38. The van der Waals surface area contributed by atoms with E-state index in [1.54, 1.807) is 12.3 Å². The minimum atomic E-state index is -1.23. The van der Waals surface area contributed by atoms with E-state index < -0.39 is 22.7 Å². The Balaban J connectivity index is 2.27. The Morgan fingerprint density at radius 1 is 1.52 bits per heavy atom. The molecule has 140 valence electrons. The summed E-state index contributed by atoms with van der Waals surface area (Å²) in [6.45, 7) is 1.52. The van der Waals surface area contributed by atoms with E-state index >= 15 is 0 Å². The van der Waals surface area contributed by atoms with Gasteiger partial charge >= 0.3 is 0 Å². The summed E-state index contributed by atoms with van der Waals surface area (Å²) in [5.41, 5.74) is -1.33. The smallest absolute Gasteiger partial charge is 0.273 e. The molecule has 0 aliphatic heterocycles. The zero-order valence-electron chi connectivity index (χ0n) is 15.1. The number of terminal acetylenes is 1. The molecule has 0 spiro atoms. The molecule has 1 aromatic heterocycles. The van der Waals surface area contributed by atoms with Crippen molar-refractivity contribution in [1.82, 2.24) is 10.3 Å². The first-order valence-corrected chi connectivity index (χ1v) is 9.12. The fourth-order valence-corrected chi connectivity index (χ4v) is 2.81. The van der Waals surface area contributed by atoms with Crippen LogP contribution in [0.1, 0.15) is 12.5 Å². The second-order valence-electron chi connectivity index (χ2n) is 5.90. The molecule has 27 heavy (non-hydrogen) atoms. The number of thioether (sulfide) groups is 1. The maximum absolute atomic E-state index is 14.4. The molecule has 0 aliphatic carbocycles. The van der Waals surface area contributed by atoms with E-state index in [-0.39, 0.29) is 12.4 Å². The van der Waals surface area contributed by atoms with E-state index in [4.69, 9.17) is 15.9 Å². The Labute approximate surface area is 161 Å². The number of halogens is 1. The zero-order chi connectivity index (χ0) is 20.0. The van der Waals surface area contributed by atoms with Crippen molar-refractivity contribution in [3.63, 3.8) is 0 Å². The highest BCUT2D eigenvalue weighted by atomic mass is 32.2. The number of nitrogens with one attached hydrogen (secondary N) is 1. The van der Waals surface area contributed by atoms with Crippen molar-refractivity contribution in [2.45, 2.75) is 17.9 Å². The average Bonchev–Trinajstić information content (AvgIpc) is 2.65. The van der Waals surface area contributed by atoms with E-state index in [9.17, 15) is 14.4 Å². The number of hydrogen-bond donors (Lipinski definition) is 1. The van der Waals surface area contributed by atoms with Crippen LogP contribution in [-0.2, 0) is 9.53 Å². The fourth-order valence-electron chi connectivity index (χ4n) is 2.34. The van der Waals surface area contributed by atoms with E-state index in [1.165, 1.54) is 32.4 Å². The Morgan fingerprint density at radius 2 is 2.26 bits per heavy atom. The van der Waals surface area contributed by atoms with Gasteiger partial charge in [0.2, 0.25) is 5.44 Å². The molecule has 6 nitrogen and oxygen atoms in total. The highest BCUT2D eigenvalue weighted by molar-refractivity contribution is 7.99. The Bertz CT molecular complexity index is 938. The topological polar surface area (TPSA) is 84.2 Å². The number of aromatic nitrogens is 1. The first-order chi connectivity index (χ1) is 12.9. The standard InChI is InChI=1S/C19H18FN3O3S/c1-5-12-6-13-7-16(14(20)8-15(13)22-9-12)26-18(27-4)17(24)23-19(2,10-21)11-25-3/h1,6-9,18H,11H2,2-4H3,(H,23,24). The highest BCUT2D eigenvalue weighted by Gasteiger charge is 2.31. The van der Waals surface area contributed by atoms with Gasteiger partial charge in [0.15, 0.2) is 11.6 Å². The van der Waals surface area contributed by atoms with Crippen LogP contribution in [0.3, 0.4) is 0 Å². The number of benzene rings is 1. The summed E-state index contributed by atoms with van der Waals surface area (Å²) in [5.74, 6) is 1.12. The maximum atomic E-state index is 14.4. The number of nitriles is 1. The molecule has 0 bridgehead atoms. The van der Waals surface area contributed by atoms with Gasteiger partial charge in [-0.1, -0.05) is 5.92 Å². The van der Waals surface area contributed by atoms with Gasteiger partial charge in [-0.25, -0.2) is 4.39 Å². The minimum absolute atomic E-state index is 0.00120. The van der Waals surface area contributed by atoms with E-state index in [0.29, 0.717) is 16.5 Å². The second kappa shape index (κ2) is 8.72. The molecule has 2 atom stereocenters. The van der Waals surface area contributed by atoms with Gasteiger partial charge in [0, 0.05) is 30.3 Å². The van der Waals surface area contributed by atoms with Crippen LogP contribution >= 0.6 is 11.8 Å². The number of carbonyl (C=O) groups excluding carboxylic acids is 1. The lowest BCUT2D eigenvalue weighted by molar-refractivity contribution is -0.126. The number of methoxy groups -OCH3 is 1. The Hall–Kier alpha value is -2.81. The monoisotopic (exact) mass is 387 g/mol. The molecule has 0 saturated carbocycles. The number of ether oxygens (including phenoxy) is 2. The lowest BCUT2D eigenvalue weighted by atomic mass is 10.1. The normalized spacial score (nSPS) is 13.9. The Morgan fingerprint density at radius 3 is 2.85 bits per heavy atom. The summed E-state index contributed by atoms with van der Waals surface area (Å²) in [6, 6.07) is 6.30. The van der Waals surface area contributed by atoms with Crippen LogP contribution in [0.2, 0.25) is 0 Å². The van der Waals surface area contributed by atoms with Gasteiger partial charge in [-0.05, 0) is 25.3 Å². The van der Waals surface area contributed by atoms with Crippen molar-refractivity contribution in [3.8, 4) is 24.2 Å². The van der Waals surface area contributed by atoms with Gasteiger partial charge in [0.1, 0.15) is 5.54 Å². The summed E-state index contributed by atoms with van der Waals surface area (Å²) in [7, 11) is 1.42. The Kier molecular flexibility index (Phi) is 6.62. The largest absolute Gasteiger partial charge is 0.467 e. The summed E-state index contributed by atoms with van der Waals surface area (Å²) < 4.78 is 24.9. The summed E-state index contributed by atoms with van der Waals surface area (Å²) >= 11 is 1.06. The SMILES string of the molecule is C#Cc1cnc2cc(F)c(OC(SC)C(=O)NC(C)(C#N)COC)cc2c1. The molecule has 0 fully saturated rings. The molecule has 0 radical (unpaired) electrons. The van der Waals surface area contributed by atoms with Crippen LogP contribution < -0.4 is 10.1 Å². The third kappa shape index (κ3) is 4.88. The number of pyridine rings is 1. The van der Waals surface area contributed by atoms with Crippen LogP contribution in [0.4, 0.5) is 4.39 Å².